The van der Waals surface area contributed by atoms with Gasteiger partial charge in [-0.1, -0.05) is 66.2 Å². The molecule has 32 heavy (non-hydrogen) atoms. The van der Waals surface area contributed by atoms with Crippen molar-refractivity contribution in [2.45, 2.75) is 0 Å². The molecule has 0 aromatic heterocycles. The number of hydrogen-bond acceptors (Lipinski definition) is 4. The first-order chi connectivity index (χ1) is 15.4. The summed E-state index contributed by atoms with van der Waals surface area (Å²) in [6.07, 6.45) is 2.88. The largest absolute Gasteiger partial charge is 0.478 e. The van der Waals surface area contributed by atoms with E-state index in [1.54, 1.807) is 60.7 Å². The maximum atomic E-state index is 12.7. The van der Waals surface area contributed by atoms with E-state index >= 15 is 0 Å². The molecule has 3 N–H and O–H groups in total. The van der Waals surface area contributed by atoms with Crippen LogP contribution in [0, 0.1) is 0 Å². The number of amides is 2. The van der Waals surface area contributed by atoms with Gasteiger partial charge in [0.25, 0.3) is 11.8 Å². The molecule has 0 saturated heterocycles. The van der Waals surface area contributed by atoms with Crippen LogP contribution in [0.1, 0.15) is 31.8 Å². The zero-order valence-corrected chi connectivity index (χ0v) is 17.4. The summed E-state index contributed by atoms with van der Waals surface area (Å²) in [5.74, 6) is -2.22. The van der Waals surface area contributed by atoms with E-state index in [9.17, 15) is 14.4 Å². The minimum atomic E-state index is -1.04. The number of carboxylic acid groups (broad SMARTS) is 1. The van der Waals surface area contributed by atoms with Gasteiger partial charge in [-0.2, -0.15) is 5.10 Å². The molecule has 0 spiro atoms. The third-order valence-corrected chi connectivity index (χ3v) is 4.59. The van der Waals surface area contributed by atoms with Crippen molar-refractivity contribution in [3.8, 4) is 0 Å². The maximum absolute atomic E-state index is 12.7. The Morgan fingerprint density at radius 2 is 1.50 bits per heavy atom. The molecule has 0 radical (unpaired) electrons. The molecule has 0 unspecified atom stereocenters. The van der Waals surface area contributed by atoms with Gasteiger partial charge in [0.2, 0.25) is 0 Å². The summed E-state index contributed by atoms with van der Waals surface area (Å²) in [6.45, 7) is 0. The van der Waals surface area contributed by atoms with Crippen LogP contribution in [0.5, 0.6) is 0 Å². The van der Waals surface area contributed by atoms with Crippen LogP contribution in [0.25, 0.3) is 6.08 Å². The lowest BCUT2D eigenvalue weighted by Crippen LogP contribution is -2.33. The predicted octanol–water partition coefficient (Wildman–Crippen LogP) is 3.96. The van der Waals surface area contributed by atoms with Gasteiger partial charge in [0.1, 0.15) is 5.70 Å². The third kappa shape index (κ3) is 6.13. The van der Waals surface area contributed by atoms with Crippen molar-refractivity contribution in [2.75, 3.05) is 0 Å². The first-order valence-corrected chi connectivity index (χ1v) is 9.81. The molecule has 0 bridgehead atoms. The van der Waals surface area contributed by atoms with Crippen LogP contribution in [-0.4, -0.2) is 29.1 Å². The number of carbonyl (C=O) groups excluding carboxylic acids is 2. The van der Waals surface area contributed by atoms with Crippen molar-refractivity contribution in [1.82, 2.24) is 10.7 Å². The average Bonchev–Trinajstić information content (AvgIpc) is 2.80. The van der Waals surface area contributed by atoms with Crippen molar-refractivity contribution >= 4 is 41.7 Å². The van der Waals surface area contributed by atoms with Crippen LogP contribution < -0.4 is 10.7 Å². The lowest BCUT2D eigenvalue weighted by Gasteiger charge is -2.10. The van der Waals surface area contributed by atoms with E-state index in [1.165, 1.54) is 24.4 Å². The summed E-state index contributed by atoms with van der Waals surface area (Å²) < 4.78 is 0. The second kappa shape index (κ2) is 10.7. The fourth-order valence-corrected chi connectivity index (χ4v) is 2.87. The van der Waals surface area contributed by atoms with E-state index < -0.39 is 17.8 Å². The lowest BCUT2D eigenvalue weighted by atomic mass is 10.1. The third-order valence-electron chi connectivity index (χ3n) is 4.26. The molecular weight excluding hydrogens is 430 g/mol. The second-order valence-corrected chi connectivity index (χ2v) is 6.94. The number of carboxylic acids is 1. The zero-order chi connectivity index (χ0) is 22.9. The van der Waals surface area contributed by atoms with E-state index in [0.717, 1.165) is 0 Å². The number of carbonyl (C=O) groups is 3. The number of halogens is 1. The Balaban J connectivity index is 1.77. The van der Waals surface area contributed by atoms with E-state index in [-0.39, 0.29) is 21.8 Å². The molecule has 7 nitrogen and oxygen atoms in total. The highest BCUT2D eigenvalue weighted by molar-refractivity contribution is 6.34. The Hall–Kier alpha value is -4.23. The molecule has 3 rings (SSSR count). The molecule has 0 heterocycles. The number of benzene rings is 3. The first kappa shape index (κ1) is 22.5. The molecular formula is C24H18ClN3O4. The number of hydrogen-bond donors (Lipinski definition) is 3. The van der Waals surface area contributed by atoms with Crippen LogP contribution in [0.3, 0.4) is 0 Å². The molecule has 8 heteroatoms. The molecule has 0 aliphatic heterocycles. The number of rotatable bonds is 7. The highest BCUT2D eigenvalue weighted by atomic mass is 35.5. The molecule has 2 amide bonds. The highest BCUT2D eigenvalue weighted by Crippen LogP contribution is 2.15. The highest BCUT2D eigenvalue weighted by Gasteiger charge is 2.16. The molecule has 0 saturated carbocycles. The molecule has 3 aromatic carbocycles. The summed E-state index contributed by atoms with van der Waals surface area (Å²) in [5, 5.41) is 15.7. The molecule has 3 aromatic rings. The quantitative estimate of drug-likeness (QED) is 0.289. The van der Waals surface area contributed by atoms with E-state index in [2.05, 4.69) is 15.8 Å². The van der Waals surface area contributed by atoms with Gasteiger partial charge in [-0.15, -0.1) is 0 Å². The summed E-state index contributed by atoms with van der Waals surface area (Å²) in [5.41, 5.74) is 3.98. The Bertz CT molecular complexity index is 1190. The smallest absolute Gasteiger partial charge is 0.335 e. The van der Waals surface area contributed by atoms with Gasteiger partial charge in [-0.25, -0.2) is 10.2 Å². The summed E-state index contributed by atoms with van der Waals surface area (Å²) >= 11 is 6.08. The predicted molar refractivity (Wildman–Crippen MR) is 122 cm³/mol. The van der Waals surface area contributed by atoms with Gasteiger partial charge in [0, 0.05) is 0 Å². The van der Waals surface area contributed by atoms with Crippen molar-refractivity contribution in [1.29, 1.82) is 0 Å². The van der Waals surface area contributed by atoms with Crippen LogP contribution in [0.2, 0.25) is 5.02 Å². The molecule has 0 aliphatic carbocycles. The van der Waals surface area contributed by atoms with Crippen molar-refractivity contribution in [3.05, 3.63) is 112 Å². The second-order valence-electron chi connectivity index (χ2n) is 6.53. The normalized spacial score (nSPS) is 11.2. The number of nitrogens with zero attached hydrogens (tertiary/aromatic N) is 1. The summed E-state index contributed by atoms with van der Waals surface area (Å²) in [7, 11) is 0. The van der Waals surface area contributed by atoms with Gasteiger partial charge < -0.3 is 10.4 Å². The van der Waals surface area contributed by atoms with Crippen LogP contribution in [-0.2, 0) is 4.79 Å². The Morgan fingerprint density at radius 1 is 0.844 bits per heavy atom. The van der Waals surface area contributed by atoms with Gasteiger partial charge >= 0.3 is 5.97 Å². The zero-order valence-electron chi connectivity index (χ0n) is 16.7. The first-order valence-electron chi connectivity index (χ1n) is 9.43. The Kier molecular flexibility index (Phi) is 7.51. The van der Waals surface area contributed by atoms with E-state index in [1.807, 2.05) is 6.07 Å². The van der Waals surface area contributed by atoms with Crippen molar-refractivity contribution in [3.63, 3.8) is 0 Å². The fourth-order valence-electron chi connectivity index (χ4n) is 2.65. The number of hydrazone groups is 1. The van der Waals surface area contributed by atoms with E-state index in [0.29, 0.717) is 11.1 Å². The summed E-state index contributed by atoms with van der Waals surface area (Å²) in [4.78, 5) is 36.3. The minimum Gasteiger partial charge on any atom is -0.478 e. The maximum Gasteiger partial charge on any atom is 0.335 e. The Morgan fingerprint density at radius 3 is 2.16 bits per heavy atom. The number of nitrogens with one attached hydrogen (secondary N) is 2. The summed E-state index contributed by atoms with van der Waals surface area (Å²) in [6, 6.07) is 21.5. The van der Waals surface area contributed by atoms with Crippen molar-refractivity contribution in [2.24, 2.45) is 5.10 Å². The van der Waals surface area contributed by atoms with Gasteiger partial charge in [-0.05, 0) is 41.5 Å². The Labute approximate surface area is 189 Å². The average molecular weight is 448 g/mol. The molecule has 0 atom stereocenters. The molecule has 0 fully saturated rings. The topological polar surface area (TPSA) is 108 Å². The standard InChI is InChI=1S/C24H18ClN3O4/c25-20-9-5-4-8-19(20)22(29)27-21(14-16-6-2-1-3-7-16)23(30)28-26-15-17-10-12-18(13-11-17)24(31)32/h1-15H,(H,27,29)(H,28,30)(H,31,32)/b21-14-,26-15?. The fraction of sp³-hybridized carbons (Fsp3) is 0. The lowest BCUT2D eigenvalue weighted by molar-refractivity contribution is -0.117. The van der Waals surface area contributed by atoms with Crippen LogP contribution in [0.4, 0.5) is 0 Å². The monoisotopic (exact) mass is 447 g/mol. The van der Waals surface area contributed by atoms with Gasteiger partial charge in [0.05, 0.1) is 22.4 Å². The van der Waals surface area contributed by atoms with Crippen molar-refractivity contribution < 1.29 is 19.5 Å². The molecule has 0 aliphatic rings. The van der Waals surface area contributed by atoms with Gasteiger partial charge in [0.15, 0.2) is 0 Å². The number of aromatic carboxylic acids is 1. The van der Waals surface area contributed by atoms with Crippen LogP contribution >= 0.6 is 11.6 Å². The van der Waals surface area contributed by atoms with Crippen LogP contribution in [0.15, 0.2) is 89.7 Å². The van der Waals surface area contributed by atoms with Gasteiger partial charge in [-0.3, -0.25) is 9.59 Å². The molecule has 160 valence electrons. The van der Waals surface area contributed by atoms with E-state index in [4.69, 9.17) is 16.7 Å². The SMILES string of the molecule is O=C(NN=Cc1ccc(C(=O)O)cc1)/C(=C/c1ccccc1)NC(=O)c1ccccc1Cl. The minimum absolute atomic E-state index is 0.0282.